The van der Waals surface area contributed by atoms with E-state index in [1.807, 2.05) is 0 Å². The van der Waals surface area contributed by atoms with Gasteiger partial charge < -0.3 is 10.4 Å². The number of halogens is 2. The van der Waals surface area contributed by atoms with Gasteiger partial charge in [0.1, 0.15) is 17.3 Å². The van der Waals surface area contributed by atoms with Gasteiger partial charge in [-0.25, -0.2) is 12.8 Å². The minimum atomic E-state index is -4.02. The van der Waals surface area contributed by atoms with Crippen LogP contribution in [0, 0.1) is 5.82 Å². The van der Waals surface area contributed by atoms with E-state index in [2.05, 4.69) is 10.0 Å². The molecule has 0 aliphatic heterocycles. The Morgan fingerprint density at radius 2 is 1.87 bits per heavy atom. The molecule has 2 aromatic carbocycles. The van der Waals surface area contributed by atoms with Crippen molar-refractivity contribution in [3.8, 4) is 0 Å². The van der Waals surface area contributed by atoms with E-state index in [4.69, 9.17) is 16.7 Å². The van der Waals surface area contributed by atoms with Crippen LogP contribution in [0.3, 0.4) is 0 Å². The zero-order chi connectivity index (χ0) is 17.0. The van der Waals surface area contributed by atoms with Crippen LogP contribution >= 0.6 is 11.6 Å². The third-order valence-electron chi connectivity index (χ3n) is 2.73. The molecule has 0 aliphatic carbocycles. The van der Waals surface area contributed by atoms with Crippen molar-refractivity contribution in [3.05, 3.63) is 53.3 Å². The molecular weight excluding hydrogens is 347 g/mol. The molecular formula is C14H12ClFN2O4S. The van der Waals surface area contributed by atoms with Crippen molar-refractivity contribution < 1.29 is 22.7 Å². The molecule has 0 aromatic heterocycles. The van der Waals surface area contributed by atoms with Gasteiger partial charge in [-0.2, -0.15) is 0 Å². The highest BCUT2D eigenvalue weighted by molar-refractivity contribution is 7.92. The number of carbonyl (C=O) groups is 1. The zero-order valence-corrected chi connectivity index (χ0v) is 13.2. The number of carbonyl (C=O) groups excluding carboxylic acids is 1. The monoisotopic (exact) mass is 358 g/mol. The topological polar surface area (TPSA) is 95.5 Å². The predicted molar refractivity (Wildman–Crippen MR) is 84.4 cm³/mol. The summed E-state index contributed by atoms with van der Waals surface area (Å²) in [6.45, 7) is -0.693. The summed E-state index contributed by atoms with van der Waals surface area (Å²) in [4.78, 5) is 10.9. The van der Waals surface area contributed by atoms with Gasteiger partial charge in [0.05, 0.1) is 10.7 Å². The SMILES string of the molecule is O=C(CO)Nc1cccc(NS(=O)(=O)c2ccc(F)cc2Cl)c1. The van der Waals surface area contributed by atoms with E-state index in [1.54, 1.807) is 0 Å². The zero-order valence-electron chi connectivity index (χ0n) is 11.6. The van der Waals surface area contributed by atoms with Gasteiger partial charge in [-0.05, 0) is 36.4 Å². The molecule has 6 nitrogen and oxygen atoms in total. The van der Waals surface area contributed by atoms with Gasteiger partial charge in [0.2, 0.25) is 5.91 Å². The second-order valence-corrected chi connectivity index (χ2v) is 6.53. The van der Waals surface area contributed by atoms with Crippen molar-refractivity contribution in [2.24, 2.45) is 0 Å². The molecule has 0 unspecified atom stereocenters. The molecule has 122 valence electrons. The summed E-state index contributed by atoms with van der Waals surface area (Å²) in [6.07, 6.45) is 0. The van der Waals surface area contributed by atoms with Crippen molar-refractivity contribution in [1.82, 2.24) is 0 Å². The van der Waals surface area contributed by atoms with Crippen LogP contribution in [0.5, 0.6) is 0 Å². The molecule has 0 aliphatic rings. The number of rotatable bonds is 5. The lowest BCUT2D eigenvalue weighted by Gasteiger charge is -2.11. The number of sulfonamides is 1. The number of nitrogens with one attached hydrogen (secondary N) is 2. The normalized spacial score (nSPS) is 11.1. The van der Waals surface area contributed by atoms with Crippen LogP contribution in [-0.4, -0.2) is 26.0 Å². The van der Waals surface area contributed by atoms with Gasteiger partial charge >= 0.3 is 0 Å². The van der Waals surface area contributed by atoms with E-state index >= 15 is 0 Å². The fourth-order valence-electron chi connectivity index (χ4n) is 1.76. The van der Waals surface area contributed by atoms with Crippen molar-refractivity contribution >= 4 is 38.9 Å². The van der Waals surface area contributed by atoms with Crippen LogP contribution in [0.15, 0.2) is 47.4 Å². The van der Waals surface area contributed by atoms with E-state index in [-0.39, 0.29) is 15.6 Å². The largest absolute Gasteiger partial charge is 0.387 e. The van der Waals surface area contributed by atoms with E-state index in [0.29, 0.717) is 5.69 Å². The summed E-state index contributed by atoms with van der Waals surface area (Å²) in [7, 11) is -4.02. The molecule has 2 aromatic rings. The van der Waals surface area contributed by atoms with Gasteiger partial charge in [-0.15, -0.1) is 0 Å². The smallest absolute Gasteiger partial charge is 0.263 e. The second kappa shape index (κ2) is 6.95. The van der Waals surface area contributed by atoms with Crippen LogP contribution in [0.1, 0.15) is 0 Å². The number of aliphatic hydroxyl groups is 1. The Hall–Kier alpha value is -2.16. The highest BCUT2D eigenvalue weighted by atomic mass is 35.5. The second-order valence-electron chi connectivity index (χ2n) is 4.47. The minimum Gasteiger partial charge on any atom is -0.387 e. The molecule has 23 heavy (non-hydrogen) atoms. The maximum Gasteiger partial charge on any atom is 0.263 e. The molecule has 0 radical (unpaired) electrons. The van der Waals surface area contributed by atoms with Gasteiger partial charge in [0, 0.05) is 5.69 Å². The first-order valence-corrected chi connectivity index (χ1v) is 8.16. The summed E-state index contributed by atoms with van der Waals surface area (Å²) in [6, 6.07) is 8.79. The van der Waals surface area contributed by atoms with E-state index in [0.717, 1.165) is 18.2 Å². The molecule has 0 spiro atoms. The first kappa shape index (κ1) is 17.2. The molecule has 0 heterocycles. The van der Waals surface area contributed by atoms with Crippen LogP contribution in [0.4, 0.5) is 15.8 Å². The molecule has 9 heteroatoms. The summed E-state index contributed by atoms with van der Waals surface area (Å²) in [5, 5.41) is 10.8. The maximum atomic E-state index is 13.0. The number of anilines is 2. The van der Waals surface area contributed by atoms with Gasteiger partial charge in [-0.1, -0.05) is 17.7 Å². The molecule has 0 saturated carbocycles. The Kier molecular flexibility index (Phi) is 5.19. The number of amides is 1. The number of aliphatic hydroxyl groups excluding tert-OH is 1. The summed E-state index contributed by atoms with van der Waals surface area (Å²) in [5.74, 6) is -1.28. The molecule has 0 fully saturated rings. The van der Waals surface area contributed by atoms with Crippen molar-refractivity contribution in [3.63, 3.8) is 0 Å². The first-order chi connectivity index (χ1) is 10.8. The molecule has 2 rings (SSSR count). The lowest BCUT2D eigenvalue weighted by atomic mass is 10.3. The number of hydrogen-bond donors (Lipinski definition) is 3. The average molecular weight is 359 g/mol. The molecule has 1 amide bonds. The minimum absolute atomic E-state index is 0.168. The average Bonchev–Trinajstić information content (AvgIpc) is 2.46. The lowest BCUT2D eigenvalue weighted by Crippen LogP contribution is -2.16. The molecule has 3 N–H and O–H groups in total. The summed E-state index contributed by atoms with van der Waals surface area (Å²) < 4.78 is 39.8. The molecule has 0 bridgehead atoms. The van der Waals surface area contributed by atoms with Crippen molar-refractivity contribution in [2.75, 3.05) is 16.6 Å². The van der Waals surface area contributed by atoms with E-state index in [1.165, 1.54) is 24.3 Å². The molecule has 0 atom stereocenters. The Bertz CT molecular complexity index is 842. The number of hydrogen-bond acceptors (Lipinski definition) is 4. The third kappa shape index (κ3) is 4.41. The Morgan fingerprint density at radius 3 is 2.52 bits per heavy atom. The van der Waals surface area contributed by atoms with Crippen LogP contribution in [0.2, 0.25) is 5.02 Å². The van der Waals surface area contributed by atoms with Crippen molar-refractivity contribution in [1.29, 1.82) is 0 Å². The quantitative estimate of drug-likeness (QED) is 0.763. The standard InChI is InChI=1S/C14H12ClFN2O4S/c15-12-6-9(16)4-5-13(12)23(21,22)18-11-3-1-2-10(7-11)17-14(20)8-19/h1-7,18-19H,8H2,(H,17,20). The lowest BCUT2D eigenvalue weighted by molar-refractivity contribution is -0.118. The Balaban J connectivity index is 2.27. The highest BCUT2D eigenvalue weighted by Gasteiger charge is 2.18. The van der Waals surface area contributed by atoms with E-state index < -0.39 is 28.4 Å². The fraction of sp³-hybridized carbons (Fsp3) is 0.0714. The van der Waals surface area contributed by atoms with Crippen molar-refractivity contribution in [2.45, 2.75) is 4.90 Å². The number of benzene rings is 2. The summed E-state index contributed by atoms with van der Waals surface area (Å²) in [5.41, 5.74) is 0.468. The van der Waals surface area contributed by atoms with E-state index in [9.17, 15) is 17.6 Å². The van der Waals surface area contributed by atoms with Gasteiger partial charge in [0.15, 0.2) is 0 Å². The van der Waals surface area contributed by atoms with Gasteiger partial charge in [0.25, 0.3) is 10.0 Å². The fourth-order valence-corrected chi connectivity index (χ4v) is 3.35. The first-order valence-electron chi connectivity index (χ1n) is 6.30. The van der Waals surface area contributed by atoms with Crippen LogP contribution in [-0.2, 0) is 14.8 Å². The summed E-state index contributed by atoms with van der Waals surface area (Å²) >= 11 is 5.76. The van der Waals surface area contributed by atoms with Crippen LogP contribution < -0.4 is 10.0 Å². The van der Waals surface area contributed by atoms with Crippen LogP contribution in [0.25, 0.3) is 0 Å². The molecule has 0 saturated heterocycles. The highest BCUT2D eigenvalue weighted by Crippen LogP contribution is 2.25. The predicted octanol–water partition coefficient (Wildman–Crippen LogP) is 2.21. The van der Waals surface area contributed by atoms with Gasteiger partial charge in [-0.3, -0.25) is 9.52 Å². The Morgan fingerprint density at radius 1 is 1.17 bits per heavy atom. The maximum absolute atomic E-state index is 13.0. The Labute approximate surface area is 137 Å². The third-order valence-corrected chi connectivity index (χ3v) is 4.59.